The molecule has 22 heavy (non-hydrogen) atoms. The molecule has 0 aliphatic heterocycles. The zero-order chi connectivity index (χ0) is 16.1. The fourth-order valence-electron chi connectivity index (χ4n) is 2.28. The molecule has 1 heterocycles. The molecule has 2 rings (SSSR count). The van der Waals surface area contributed by atoms with Crippen molar-refractivity contribution in [3.63, 3.8) is 0 Å². The quantitative estimate of drug-likeness (QED) is 0.794. The molecule has 1 aromatic carbocycles. The summed E-state index contributed by atoms with van der Waals surface area (Å²) in [6.07, 6.45) is 1.59. The average Bonchev–Trinajstić information content (AvgIpc) is 2.56. The van der Waals surface area contributed by atoms with Crippen molar-refractivity contribution in [3.8, 4) is 11.3 Å². The lowest BCUT2D eigenvalue weighted by atomic mass is 10.0. The SMILES string of the molecule is CCN(CC)C(=O)c1ccc(-c2cccc(C(C)=O)c2)nc1. The number of amides is 1. The molecule has 4 nitrogen and oxygen atoms in total. The largest absolute Gasteiger partial charge is 0.339 e. The molecule has 0 aliphatic carbocycles. The molecule has 0 spiro atoms. The third-order valence-corrected chi connectivity index (χ3v) is 3.63. The van der Waals surface area contributed by atoms with E-state index in [1.807, 2.05) is 38.1 Å². The summed E-state index contributed by atoms with van der Waals surface area (Å²) >= 11 is 0. The van der Waals surface area contributed by atoms with Crippen molar-refractivity contribution in [2.45, 2.75) is 20.8 Å². The van der Waals surface area contributed by atoms with Gasteiger partial charge in [-0.05, 0) is 39.0 Å². The van der Waals surface area contributed by atoms with Gasteiger partial charge in [0.1, 0.15) is 0 Å². The van der Waals surface area contributed by atoms with Crippen molar-refractivity contribution in [2.24, 2.45) is 0 Å². The Kier molecular flexibility index (Phi) is 5.04. The molecule has 0 aliphatic rings. The van der Waals surface area contributed by atoms with Crippen LogP contribution in [0, 0.1) is 0 Å². The van der Waals surface area contributed by atoms with Crippen molar-refractivity contribution in [2.75, 3.05) is 13.1 Å². The number of pyridine rings is 1. The summed E-state index contributed by atoms with van der Waals surface area (Å²) in [5.74, 6) is 0.0109. The Bertz CT molecular complexity index is 674. The number of hydrogen-bond acceptors (Lipinski definition) is 3. The molecule has 0 saturated carbocycles. The van der Waals surface area contributed by atoms with Crippen molar-refractivity contribution >= 4 is 11.7 Å². The first-order valence-electron chi connectivity index (χ1n) is 7.43. The highest BCUT2D eigenvalue weighted by molar-refractivity contribution is 5.95. The zero-order valence-corrected chi connectivity index (χ0v) is 13.2. The molecule has 2 aromatic rings. The van der Waals surface area contributed by atoms with Gasteiger partial charge >= 0.3 is 0 Å². The summed E-state index contributed by atoms with van der Waals surface area (Å²) < 4.78 is 0. The van der Waals surface area contributed by atoms with E-state index >= 15 is 0 Å². The van der Waals surface area contributed by atoms with Crippen LogP contribution in [-0.2, 0) is 0 Å². The Morgan fingerprint density at radius 3 is 2.32 bits per heavy atom. The van der Waals surface area contributed by atoms with Gasteiger partial charge < -0.3 is 4.90 Å². The number of nitrogens with zero attached hydrogens (tertiary/aromatic N) is 2. The van der Waals surface area contributed by atoms with E-state index in [4.69, 9.17) is 0 Å². The Morgan fingerprint density at radius 1 is 1.05 bits per heavy atom. The normalized spacial score (nSPS) is 10.3. The number of Topliss-reactive ketones (excluding diaryl/α,β-unsaturated/α-hetero) is 1. The van der Waals surface area contributed by atoms with Gasteiger partial charge in [-0.3, -0.25) is 14.6 Å². The van der Waals surface area contributed by atoms with Crippen LogP contribution in [0.2, 0.25) is 0 Å². The Morgan fingerprint density at radius 2 is 1.77 bits per heavy atom. The molecular weight excluding hydrogens is 276 g/mol. The van der Waals surface area contributed by atoms with Crippen LogP contribution in [0.5, 0.6) is 0 Å². The first-order valence-corrected chi connectivity index (χ1v) is 7.43. The number of rotatable bonds is 5. The van der Waals surface area contributed by atoms with Crippen molar-refractivity contribution in [1.82, 2.24) is 9.88 Å². The average molecular weight is 296 g/mol. The fourth-order valence-corrected chi connectivity index (χ4v) is 2.28. The number of benzene rings is 1. The minimum Gasteiger partial charge on any atom is -0.339 e. The smallest absolute Gasteiger partial charge is 0.255 e. The number of hydrogen-bond donors (Lipinski definition) is 0. The van der Waals surface area contributed by atoms with Crippen LogP contribution in [0.4, 0.5) is 0 Å². The maximum atomic E-state index is 12.2. The van der Waals surface area contributed by atoms with E-state index in [1.165, 1.54) is 0 Å². The van der Waals surface area contributed by atoms with Gasteiger partial charge in [0.05, 0.1) is 11.3 Å². The fraction of sp³-hybridized carbons (Fsp3) is 0.278. The van der Waals surface area contributed by atoms with Gasteiger partial charge in [-0.2, -0.15) is 0 Å². The first kappa shape index (κ1) is 15.9. The molecule has 0 bridgehead atoms. The van der Waals surface area contributed by atoms with Crippen LogP contribution in [0.15, 0.2) is 42.6 Å². The molecule has 0 fully saturated rings. The maximum absolute atomic E-state index is 12.2. The monoisotopic (exact) mass is 296 g/mol. The summed E-state index contributed by atoms with van der Waals surface area (Å²) in [6, 6.07) is 10.9. The lowest BCUT2D eigenvalue weighted by molar-refractivity contribution is 0.0772. The molecular formula is C18H20N2O2. The van der Waals surface area contributed by atoms with E-state index in [0.29, 0.717) is 24.2 Å². The molecule has 0 radical (unpaired) electrons. The Balaban J connectivity index is 2.27. The van der Waals surface area contributed by atoms with Crippen LogP contribution in [0.1, 0.15) is 41.5 Å². The predicted octanol–water partition coefficient (Wildman–Crippen LogP) is 3.43. The standard InChI is InChI=1S/C18H20N2O2/c1-4-20(5-2)18(22)16-9-10-17(19-12-16)15-8-6-7-14(11-15)13(3)21/h6-12H,4-5H2,1-3H3. The van der Waals surface area contributed by atoms with Crippen LogP contribution in [0.25, 0.3) is 11.3 Å². The molecule has 1 aromatic heterocycles. The van der Waals surface area contributed by atoms with Crippen molar-refractivity contribution < 1.29 is 9.59 Å². The van der Waals surface area contributed by atoms with E-state index in [-0.39, 0.29) is 11.7 Å². The Labute approximate surface area is 130 Å². The summed E-state index contributed by atoms with van der Waals surface area (Å²) in [7, 11) is 0. The maximum Gasteiger partial charge on any atom is 0.255 e. The molecule has 0 N–H and O–H groups in total. The van der Waals surface area contributed by atoms with Gasteiger partial charge in [0.15, 0.2) is 5.78 Å². The molecule has 0 unspecified atom stereocenters. The minimum atomic E-state index is -0.0125. The second-order valence-corrected chi connectivity index (χ2v) is 5.05. The Hall–Kier alpha value is -2.49. The topological polar surface area (TPSA) is 50.3 Å². The summed E-state index contributed by atoms with van der Waals surface area (Å²) in [6.45, 7) is 6.81. The summed E-state index contributed by atoms with van der Waals surface area (Å²) in [4.78, 5) is 29.8. The number of carbonyl (C=O) groups is 2. The number of ketones is 1. The number of aromatic nitrogens is 1. The molecule has 4 heteroatoms. The summed E-state index contributed by atoms with van der Waals surface area (Å²) in [5, 5.41) is 0. The highest BCUT2D eigenvalue weighted by Gasteiger charge is 2.13. The van der Waals surface area contributed by atoms with Gasteiger partial charge in [-0.15, -0.1) is 0 Å². The van der Waals surface area contributed by atoms with E-state index in [1.54, 1.807) is 30.2 Å². The zero-order valence-electron chi connectivity index (χ0n) is 13.2. The molecule has 0 saturated heterocycles. The van der Waals surface area contributed by atoms with E-state index in [0.717, 1.165) is 11.3 Å². The highest BCUT2D eigenvalue weighted by atomic mass is 16.2. The summed E-state index contributed by atoms with van der Waals surface area (Å²) in [5.41, 5.74) is 2.85. The predicted molar refractivity (Wildman–Crippen MR) is 86.9 cm³/mol. The van der Waals surface area contributed by atoms with E-state index in [9.17, 15) is 9.59 Å². The van der Waals surface area contributed by atoms with Gasteiger partial charge in [0.25, 0.3) is 5.91 Å². The lowest BCUT2D eigenvalue weighted by Crippen LogP contribution is -2.30. The van der Waals surface area contributed by atoms with E-state index in [2.05, 4.69) is 4.98 Å². The molecule has 114 valence electrons. The van der Waals surface area contributed by atoms with Gasteiger partial charge in [-0.1, -0.05) is 18.2 Å². The first-order chi connectivity index (χ1) is 10.6. The van der Waals surface area contributed by atoms with Gasteiger partial charge in [-0.25, -0.2) is 0 Å². The lowest BCUT2D eigenvalue weighted by Gasteiger charge is -2.18. The van der Waals surface area contributed by atoms with Crippen molar-refractivity contribution in [1.29, 1.82) is 0 Å². The molecule has 1 amide bonds. The van der Waals surface area contributed by atoms with Crippen LogP contribution < -0.4 is 0 Å². The van der Waals surface area contributed by atoms with Gasteiger partial charge in [0, 0.05) is 30.4 Å². The highest BCUT2D eigenvalue weighted by Crippen LogP contribution is 2.19. The third kappa shape index (κ3) is 3.39. The van der Waals surface area contributed by atoms with Gasteiger partial charge in [0.2, 0.25) is 0 Å². The second-order valence-electron chi connectivity index (χ2n) is 5.05. The third-order valence-electron chi connectivity index (χ3n) is 3.63. The van der Waals surface area contributed by atoms with E-state index < -0.39 is 0 Å². The van der Waals surface area contributed by atoms with Crippen LogP contribution in [0.3, 0.4) is 0 Å². The minimum absolute atomic E-state index is 0.0125. The molecule has 0 atom stereocenters. The second kappa shape index (κ2) is 6.98. The van der Waals surface area contributed by atoms with Crippen LogP contribution in [-0.4, -0.2) is 34.7 Å². The number of carbonyl (C=O) groups excluding carboxylic acids is 2. The van der Waals surface area contributed by atoms with Crippen molar-refractivity contribution in [3.05, 3.63) is 53.7 Å². The van der Waals surface area contributed by atoms with Crippen LogP contribution >= 0.6 is 0 Å².